The molecule has 1 unspecified atom stereocenters. The average molecular weight is 421 g/mol. The number of carbonyl (C=O) groups is 1. The van der Waals surface area contributed by atoms with Gasteiger partial charge in [0.05, 0.1) is 21.5 Å². The van der Waals surface area contributed by atoms with Gasteiger partial charge in [-0.3, -0.25) is 0 Å². The van der Waals surface area contributed by atoms with Gasteiger partial charge in [0.15, 0.2) is 0 Å². The Morgan fingerprint density at radius 2 is 1.69 bits per heavy atom. The molecule has 0 aliphatic carbocycles. The van der Waals surface area contributed by atoms with Crippen molar-refractivity contribution in [1.82, 2.24) is 0 Å². The summed E-state index contributed by atoms with van der Waals surface area (Å²) in [4.78, 5) is 11.0. The van der Waals surface area contributed by atoms with Crippen LogP contribution in [-0.4, -0.2) is 25.1 Å². The minimum Gasteiger partial charge on any atom is -0.478 e. The van der Waals surface area contributed by atoms with Crippen molar-refractivity contribution in [2.45, 2.75) is 12.1 Å². The van der Waals surface area contributed by atoms with Gasteiger partial charge in [0.1, 0.15) is 7.85 Å². The maximum atomic E-state index is 13.5. The lowest BCUT2D eigenvalue weighted by Gasteiger charge is -2.19. The molecule has 0 heterocycles. The summed E-state index contributed by atoms with van der Waals surface area (Å²) in [5.74, 6) is -3.10. The fourth-order valence-corrected chi connectivity index (χ4v) is 3.08. The van der Waals surface area contributed by atoms with Gasteiger partial charge >= 0.3 is 12.1 Å². The lowest BCUT2D eigenvalue weighted by Crippen LogP contribution is -2.19. The van der Waals surface area contributed by atoms with Gasteiger partial charge in [-0.1, -0.05) is 64.6 Å². The highest BCUT2D eigenvalue weighted by Gasteiger charge is 2.40. The number of rotatable bonds is 4. The predicted octanol–water partition coefficient (Wildman–Crippen LogP) is 4.96. The van der Waals surface area contributed by atoms with E-state index in [0.717, 1.165) is 12.1 Å². The molecule has 0 aliphatic rings. The number of benzene rings is 2. The van der Waals surface area contributed by atoms with Crippen LogP contribution in [-0.2, 0) is 0 Å². The van der Waals surface area contributed by atoms with E-state index in [1.807, 2.05) is 0 Å². The van der Waals surface area contributed by atoms with E-state index in [9.17, 15) is 18.0 Å². The van der Waals surface area contributed by atoms with Crippen molar-refractivity contribution < 1.29 is 23.1 Å². The zero-order chi connectivity index (χ0) is 19.6. The number of hydrogen-bond donors (Lipinski definition) is 1. The van der Waals surface area contributed by atoms with Gasteiger partial charge in [-0.15, -0.1) is 0 Å². The van der Waals surface area contributed by atoms with E-state index in [2.05, 4.69) is 0 Å². The summed E-state index contributed by atoms with van der Waals surface area (Å²) in [6.45, 7) is 0. The Morgan fingerprint density at radius 3 is 2.23 bits per heavy atom. The number of alkyl halides is 3. The first-order chi connectivity index (χ1) is 12.0. The Kier molecular flexibility index (Phi) is 6.32. The van der Waals surface area contributed by atoms with Crippen molar-refractivity contribution in [3.05, 3.63) is 68.2 Å². The highest BCUT2D eigenvalue weighted by Crippen LogP contribution is 2.42. The molecule has 0 amide bonds. The summed E-state index contributed by atoms with van der Waals surface area (Å²) in [6.07, 6.45) is -2.40. The molecule has 0 fully saturated rings. The van der Waals surface area contributed by atoms with Gasteiger partial charge in [-0.25, -0.2) is 4.79 Å². The van der Waals surface area contributed by atoms with Crippen LogP contribution in [0.3, 0.4) is 0 Å². The average Bonchev–Trinajstić information content (AvgIpc) is 2.50. The van der Waals surface area contributed by atoms with E-state index in [-0.39, 0.29) is 26.2 Å². The smallest absolute Gasteiger partial charge is 0.399 e. The molecular weight excluding hydrogens is 410 g/mol. The minimum absolute atomic E-state index is 0.0321. The zero-order valence-electron chi connectivity index (χ0n) is 13.2. The highest BCUT2D eigenvalue weighted by molar-refractivity contribution is 6.43. The van der Waals surface area contributed by atoms with Crippen LogP contribution in [0.15, 0.2) is 36.4 Å². The molecule has 9 heteroatoms. The maximum absolute atomic E-state index is 13.5. The summed E-state index contributed by atoms with van der Waals surface area (Å²) in [5.41, 5.74) is 0.736. The minimum atomic E-state index is -4.60. The van der Waals surface area contributed by atoms with Gasteiger partial charge in [0.2, 0.25) is 0 Å². The number of carboxylic acid groups (broad SMARTS) is 1. The Morgan fingerprint density at radius 1 is 1.08 bits per heavy atom. The molecule has 2 nitrogen and oxygen atoms in total. The van der Waals surface area contributed by atoms with Crippen molar-refractivity contribution in [2.24, 2.45) is 0 Å². The van der Waals surface area contributed by atoms with Gasteiger partial charge in [0.25, 0.3) is 0 Å². The van der Waals surface area contributed by atoms with Crippen molar-refractivity contribution in [1.29, 1.82) is 0 Å². The van der Waals surface area contributed by atoms with Crippen molar-refractivity contribution in [3.63, 3.8) is 0 Å². The van der Waals surface area contributed by atoms with Gasteiger partial charge in [-0.05, 0) is 29.3 Å². The lowest BCUT2D eigenvalue weighted by molar-refractivity contribution is -0.139. The lowest BCUT2D eigenvalue weighted by atomic mass is 9.88. The summed E-state index contributed by atoms with van der Waals surface area (Å²) < 4.78 is 40.5. The van der Waals surface area contributed by atoms with E-state index >= 15 is 0 Å². The maximum Gasteiger partial charge on any atom is 0.399 e. The number of allylic oxidation sites excluding steroid dienone is 1. The van der Waals surface area contributed by atoms with Gasteiger partial charge in [-0.2, -0.15) is 13.2 Å². The molecule has 0 spiro atoms. The van der Waals surface area contributed by atoms with Gasteiger partial charge in [0, 0.05) is 5.02 Å². The third kappa shape index (κ3) is 4.75. The van der Waals surface area contributed by atoms with Crippen molar-refractivity contribution >= 4 is 60.2 Å². The quantitative estimate of drug-likeness (QED) is 0.560. The van der Waals surface area contributed by atoms with Crippen LogP contribution in [0.2, 0.25) is 15.1 Å². The third-order valence-electron chi connectivity index (χ3n) is 3.69. The highest BCUT2D eigenvalue weighted by atomic mass is 35.5. The molecule has 2 aromatic carbocycles. The molecule has 0 saturated heterocycles. The van der Waals surface area contributed by atoms with Gasteiger partial charge < -0.3 is 5.11 Å². The molecule has 0 aromatic heterocycles. The summed E-state index contributed by atoms with van der Waals surface area (Å²) in [6, 6.07) is 6.51. The van der Waals surface area contributed by atoms with Crippen LogP contribution < -0.4 is 5.46 Å². The van der Waals surface area contributed by atoms with Crippen molar-refractivity contribution in [2.75, 3.05) is 0 Å². The number of hydrogen-bond acceptors (Lipinski definition) is 1. The molecule has 2 aromatic rings. The molecular formula is C17H11BCl3F3O2. The summed E-state index contributed by atoms with van der Waals surface area (Å²) >= 11 is 17.5. The van der Waals surface area contributed by atoms with Crippen molar-refractivity contribution in [3.8, 4) is 0 Å². The molecule has 26 heavy (non-hydrogen) atoms. The standard InChI is InChI=1S/C17H11BCl3F3O2/c18-12-5-8(1-3-9(12)16(25)26)2-4-11(17(22,23)24)10-6-14(20)15(21)7-13(10)19/h1-7,11H,18H2,(H,25,26)/b4-2+. The molecule has 1 atom stereocenters. The van der Waals surface area contributed by atoms with E-state index in [1.54, 1.807) is 7.85 Å². The molecule has 0 saturated carbocycles. The van der Waals surface area contributed by atoms with Crippen LogP contribution in [0, 0.1) is 0 Å². The van der Waals surface area contributed by atoms with E-state index in [0.29, 0.717) is 11.0 Å². The summed E-state index contributed by atoms with van der Waals surface area (Å²) in [7, 11) is 1.57. The fourth-order valence-electron chi connectivity index (χ4n) is 2.40. The molecule has 1 N–H and O–H groups in total. The normalized spacial score (nSPS) is 13.2. The molecule has 0 radical (unpaired) electrons. The summed E-state index contributed by atoms with van der Waals surface area (Å²) in [5, 5.41) is 8.88. The zero-order valence-corrected chi connectivity index (χ0v) is 15.5. The molecule has 2 rings (SSSR count). The molecule has 0 aliphatic heterocycles. The largest absolute Gasteiger partial charge is 0.478 e. The predicted molar refractivity (Wildman–Crippen MR) is 101 cm³/mol. The van der Waals surface area contributed by atoms with E-state index in [4.69, 9.17) is 39.9 Å². The van der Waals surface area contributed by atoms with E-state index in [1.165, 1.54) is 30.3 Å². The molecule has 136 valence electrons. The molecule has 0 bridgehead atoms. The third-order valence-corrected chi connectivity index (χ3v) is 4.74. The Balaban J connectivity index is 2.44. The monoisotopic (exact) mass is 420 g/mol. The number of aromatic carboxylic acids is 1. The fraction of sp³-hybridized carbons (Fsp3) is 0.118. The first-order valence-electron chi connectivity index (χ1n) is 7.24. The van der Waals surface area contributed by atoms with Crippen LogP contribution in [0.1, 0.15) is 27.4 Å². The Labute approximate surface area is 163 Å². The topological polar surface area (TPSA) is 37.3 Å². The van der Waals surface area contributed by atoms with Crippen LogP contribution in [0.5, 0.6) is 0 Å². The van der Waals surface area contributed by atoms with Crippen LogP contribution in [0.25, 0.3) is 6.08 Å². The van der Waals surface area contributed by atoms with Crippen LogP contribution >= 0.6 is 34.8 Å². The Bertz CT molecular complexity index is 882. The second kappa shape index (κ2) is 7.95. The first-order valence-corrected chi connectivity index (χ1v) is 8.37. The van der Waals surface area contributed by atoms with Crippen LogP contribution in [0.4, 0.5) is 13.2 Å². The second-order valence-electron chi connectivity index (χ2n) is 5.55. The first kappa shape index (κ1) is 20.7. The van der Waals surface area contributed by atoms with E-state index < -0.39 is 18.1 Å². The number of halogens is 6. The second-order valence-corrected chi connectivity index (χ2v) is 6.77. The SMILES string of the molecule is Bc1cc(/C=C/C(c2cc(Cl)c(Cl)cc2Cl)C(F)(F)F)ccc1C(=O)O. The number of carboxylic acids is 1. The Hall–Kier alpha value is -1.63.